The molecule has 1 heterocycles. The molecule has 1 atom stereocenters. The minimum atomic E-state index is -0.206. The summed E-state index contributed by atoms with van der Waals surface area (Å²) in [6.07, 6.45) is 3.38. The highest BCUT2D eigenvalue weighted by Gasteiger charge is 2.25. The molecule has 1 aromatic rings. The third-order valence-corrected chi connectivity index (χ3v) is 3.09. The Morgan fingerprint density at radius 1 is 1.28 bits per heavy atom. The molecule has 2 rings (SSSR count). The Hall–Kier alpha value is -1.74. The normalized spacial score (nSPS) is 16.4. The molecular weight excluding hydrogens is 226 g/mol. The van der Waals surface area contributed by atoms with Crippen molar-refractivity contribution in [2.24, 2.45) is 4.99 Å². The molecule has 94 valence electrons. The van der Waals surface area contributed by atoms with Crippen molar-refractivity contribution in [3.63, 3.8) is 0 Å². The van der Waals surface area contributed by atoms with Crippen molar-refractivity contribution in [2.75, 3.05) is 6.61 Å². The van der Waals surface area contributed by atoms with Gasteiger partial charge in [0.2, 0.25) is 0 Å². The zero-order chi connectivity index (χ0) is 13.0. The fraction of sp³-hybridized carbons (Fsp3) is 0.333. The molecule has 3 nitrogen and oxygen atoms in total. The minimum Gasteiger partial charge on any atom is -0.395 e. The summed E-state index contributed by atoms with van der Waals surface area (Å²) in [4.78, 5) is 15.5. The van der Waals surface area contributed by atoms with Gasteiger partial charge in [0.1, 0.15) is 0 Å². The number of nitrogens with zero attached hydrogens (tertiary/aromatic N) is 1. The van der Waals surface area contributed by atoms with Gasteiger partial charge in [-0.05, 0) is 17.6 Å². The topological polar surface area (TPSA) is 49.7 Å². The van der Waals surface area contributed by atoms with Gasteiger partial charge in [0, 0.05) is 12.0 Å². The lowest BCUT2D eigenvalue weighted by atomic mass is 9.89. The molecule has 18 heavy (non-hydrogen) atoms. The van der Waals surface area contributed by atoms with Gasteiger partial charge in [-0.15, -0.1) is 0 Å². The van der Waals surface area contributed by atoms with Crippen LogP contribution in [0, 0.1) is 0 Å². The monoisotopic (exact) mass is 243 g/mol. The highest BCUT2D eigenvalue weighted by atomic mass is 16.3. The van der Waals surface area contributed by atoms with E-state index >= 15 is 0 Å². The number of aliphatic hydroxyl groups excluding tert-OH is 1. The van der Waals surface area contributed by atoms with E-state index in [1.54, 1.807) is 6.08 Å². The predicted molar refractivity (Wildman–Crippen MR) is 71.7 cm³/mol. The molecule has 1 N–H and O–H groups in total. The smallest absolute Gasteiger partial charge is 0.270 e. The lowest BCUT2D eigenvalue weighted by Gasteiger charge is -2.17. The number of carbonyl (C=O) groups excluding carboxylic acids is 1. The van der Waals surface area contributed by atoms with Gasteiger partial charge >= 0.3 is 0 Å². The summed E-state index contributed by atoms with van der Waals surface area (Å²) in [5.41, 5.74) is 2.69. The standard InChI is InChI=1S/C15H17NO2/c1-2-6-12-9-14(18)16-15(12)13(10-17)11-7-4-3-5-8-11/h3-5,7-9,13,17H,2,6,10H2,1H3. The van der Waals surface area contributed by atoms with Crippen LogP contribution < -0.4 is 0 Å². The zero-order valence-corrected chi connectivity index (χ0v) is 10.5. The number of carbonyl (C=O) groups is 1. The van der Waals surface area contributed by atoms with Crippen molar-refractivity contribution in [2.45, 2.75) is 25.7 Å². The van der Waals surface area contributed by atoms with E-state index < -0.39 is 0 Å². The van der Waals surface area contributed by atoms with Crippen LogP contribution in [0.4, 0.5) is 0 Å². The van der Waals surface area contributed by atoms with Crippen LogP contribution in [0.2, 0.25) is 0 Å². The van der Waals surface area contributed by atoms with Crippen molar-refractivity contribution in [1.29, 1.82) is 0 Å². The Labute approximate surface area is 107 Å². The first-order valence-corrected chi connectivity index (χ1v) is 6.25. The van der Waals surface area contributed by atoms with E-state index in [1.165, 1.54) is 0 Å². The van der Waals surface area contributed by atoms with E-state index in [9.17, 15) is 9.90 Å². The summed E-state index contributed by atoms with van der Waals surface area (Å²) < 4.78 is 0. The van der Waals surface area contributed by atoms with Gasteiger partial charge in [0.15, 0.2) is 0 Å². The van der Waals surface area contributed by atoms with Crippen molar-refractivity contribution in [3.05, 3.63) is 47.5 Å². The Balaban J connectivity index is 2.31. The van der Waals surface area contributed by atoms with Crippen LogP contribution in [0.15, 0.2) is 47.0 Å². The Bertz CT molecular complexity index is 488. The lowest BCUT2D eigenvalue weighted by Crippen LogP contribution is -2.17. The quantitative estimate of drug-likeness (QED) is 0.863. The van der Waals surface area contributed by atoms with Gasteiger partial charge < -0.3 is 5.11 Å². The molecule has 1 unspecified atom stereocenters. The van der Waals surface area contributed by atoms with Gasteiger partial charge in [-0.1, -0.05) is 43.7 Å². The minimum absolute atomic E-state index is 0.0306. The average molecular weight is 243 g/mol. The Morgan fingerprint density at radius 2 is 2.00 bits per heavy atom. The molecule has 0 bridgehead atoms. The molecule has 0 radical (unpaired) electrons. The number of aliphatic hydroxyl groups is 1. The van der Waals surface area contributed by atoms with Gasteiger partial charge in [-0.25, -0.2) is 4.99 Å². The summed E-state index contributed by atoms with van der Waals surface area (Å²) in [6.45, 7) is 2.04. The Morgan fingerprint density at radius 3 is 2.61 bits per heavy atom. The maximum Gasteiger partial charge on any atom is 0.270 e. The molecule has 0 saturated carbocycles. The number of allylic oxidation sites excluding steroid dienone is 1. The largest absolute Gasteiger partial charge is 0.395 e. The second-order valence-electron chi connectivity index (χ2n) is 4.40. The van der Waals surface area contributed by atoms with Crippen LogP contribution in [0.25, 0.3) is 0 Å². The van der Waals surface area contributed by atoms with Gasteiger partial charge in [0.05, 0.1) is 12.3 Å². The molecule has 1 aliphatic heterocycles. The van der Waals surface area contributed by atoms with Crippen LogP contribution >= 0.6 is 0 Å². The number of rotatable bonds is 5. The summed E-state index contributed by atoms with van der Waals surface area (Å²) in [6, 6.07) is 9.70. The highest BCUT2D eigenvalue weighted by Crippen LogP contribution is 2.26. The second kappa shape index (κ2) is 5.74. The summed E-state index contributed by atoms with van der Waals surface area (Å²) in [5, 5.41) is 9.59. The van der Waals surface area contributed by atoms with Crippen LogP contribution in [0.1, 0.15) is 31.2 Å². The number of amides is 1. The highest BCUT2D eigenvalue weighted by molar-refractivity contribution is 6.19. The first-order valence-electron chi connectivity index (χ1n) is 6.25. The van der Waals surface area contributed by atoms with Gasteiger partial charge in [0.25, 0.3) is 5.91 Å². The van der Waals surface area contributed by atoms with Crippen molar-refractivity contribution in [1.82, 2.24) is 0 Å². The van der Waals surface area contributed by atoms with Gasteiger partial charge in [-0.3, -0.25) is 4.79 Å². The van der Waals surface area contributed by atoms with Gasteiger partial charge in [-0.2, -0.15) is 0 Å². The molecule has 1 aromatic carbocycles. The molecule has 1 amide bonds. The summed E-state index contributed by atoms with van der Waals surface area (Å²) >= 11 is 0. The van der Waals surface area contributed by atoms with Crippen molar-refractivity contribution < 1.29 is 9.90 Å². The summed E-state index contributed by atoms with van der Waals surface area (Å²) in [5.74, 6) is -0.404. The van der Waals surface area contributed by atoms with E-state index in [1.807, 2.05) is 30.3 Å². The predicted octanol–water partition coefficient (Wildman–Crippen LogP) is 2.47. The first-order chi connectivity index (χ1) is 8.76. The molecule has 3 heteroatoms. The third kappa shape index (κ3) is 2.57. The number of aliphatic imine (C=N–C) groups is 1. The zero-order valence-electron chi connectivity index (χ0n) is 10.5. The number of benzene rings is 1. The van der Waals surface area contributed by atoms with E-state index in [-0.39, 0.29) is 18.4 Å². The molecule has 0 saturated heterocycles. The molecule has 1 aliphatic rings. The molecule has 0 aliphatic carbocycles. The summed E-state index contributed by atoms with van der Waals surface area (Å²) in [7, 11) is 0. The second-order valence-corrected chi connectivity index (χ2v) is 4.40. The maximum absolute atomic E-state index is 11.4. The van der Waals surface area contributed by atoms with Crippen LogP contribution in [-0.2, 0) is 4.79 Å². The van der Waals surface area contributed by atoms with E-state index in [0.29, 0.717) is 0 Å². The third-order valence-electron chi connectivity index (χ3n) is 3.09. The lowest BCUT2D eigenvalue weighted by molar-refractivity contribution is -0.113. The molecule has 0 fully saturated rings. The van der Waals surface area contributed by atoms with Crippen LogP contribution in [0.5, 0.6) is 0 Å². The number of hydrogen-bond donors (Lipinski definition) is 1. The molecule has 0 aromatic heterocycles. The fourth-order valence-corrected chi connectivity index (χ4v) is 2.25. The fourth-order valence-electron chi connectivity index (χ4n) is 2.25. The van der Waals surface area contributed by atoms with Crippen LogP contribution in [-0.4, -0.2) is 23.3 Å². The Kier molecular flexibility index (Phi) is 4.05. The average Bonchev–Trinajstić information content (AvgIpc) is 2.73. The van der Waals surface area contributed by atoms with E-state index in [2.05, 4.69) is 11.9 Å². The van der Waals surface area contributed by atoms with Crippen molar-refractivity contribution in [3.8, 4) is 0 Å². The molecule has 0 spiro atoms. The number of hydrogen-bond acceptors (Lipinski definition) is 2. The maximum atomic E-state index is 11.4. The first kappa shape index (κ1) is 12.7. The van der Waals surface area contributed by atoms with Crippen LogP contribution in [0.3, 0.4) is 0 Å². The molecular formula is C15H17NO2. The van der Waals surface area contributed by atoms with E-state index in [0.717, 1.165) is 29.7 Å². The SMILES string of the molecule is CCCC1=CC(=O)N=C1C(CO)c1ccccc1. The van der Waals surface area contributed by atoms with Crippen molar-refractivity contribution >= 4 is 11.6 Å². The van der Waals surface area contributed by atoms with E-state index in [4.69, 9.17) is 0 Å².